The van der Waals surface area contributed by atoms with E-state index in [0.29, 0.717) is 5.56 Å². The van der Waals surface area contributed by atoms with Gasteiger partial charge in [-0.05, 0) is 18.2 Å². The van der Waals surface area contributed by atoms with Crippen LogP contribution in [0.3, 0.4) is 0 Å². The van der Waals surface area contributed by atoms with Crippen molar-refractivity contribution in [3.8, 4) is 16.9 Å². The van der Waals surface area contributed by atoms with Gasteiger partial charge in [0, 0.05) is 5.56 Å². The quantitative estimate of drug-likeness (QED) is 0.459. The van der Waals surface area contributed by atoms with Crippen LogP contribution in [0.5, 0.6) is 0 Å². The van der Waals surface area contributed by atoms with Gasteiger partial charge in [0.15, 0.2) is 5.65 Å². The molecular weight excluding hydrogens is 346 g/mol. The minimum atomic E-state index is -4.59. The molecular formula is C19H11F4N3. The highest BCUT2D eigenvalue weighted by Crippen LogP contribution is 2.37. The Labute approximate surface area is 145 Å². The van der Waals surface area contributed by atoms with Crippen molar-refractivity contribution in [2.45, 2.75) is 6.18 Å². The first kappa shape index (κ1) is 16.3. The van der Waals surface area contributed by atoms with Crippen LogP contribution in [-0.4, -0.2) is 14.8 Å². The number of halogens is 4. The lowest BCUT2D eigenvalue weighted by molar-refractivity contribution is -0.136. The summed E-state index contributed by atoms with van der Waals surface area (Å²) in [4.78, 5) is 4.33. The second kappa shape index (κ2) is 5.94. The maximum Gasteiger partial charge on any atom is 0.417 e. The molecule has 2 aromatic heterocycles. The minimum Gasteiger partial charge on any atom is -0.228 e. The number of alkyl halides is 3. The Bertz CT molecular complexity index is 1090. The van der Waals surface area contributed by atoms with Crippen molar-refractivity contribution in [1.29, 1.82) is 0 Å². The molecule has 0 saturated heterocycles. The standard InChI is InChI=1S/C19H11F4N3/c20-15-8-4-5-9-17(15)26-18-13(11-24-26)14(19(21,22)23)10-16(25-18)12-6-2-1-3-7-12/h1-11H. The van der Waals surface area contributed by atoms with Gasteiger partial charge in [0.25, 0.3) is 0 Å². The van der Waals surface area contributed by atoms with Crippen molar-refractivity contribution in [2.24, 2.45) is 0 Å². The number of fused-ring (bicyclic) bond motifs is 1. The summed E-state index contributed by atoms with van der Waals surface area (Å²) in [6.45, 7) is 0. The Morgan fingerprint density at radius 1 is 0.885 bits per heavy atom. The highest BCUT2D eigenvalue weighted by atomic mass is 19.4. The summed E-state index contributed by atoms with van der Waals surface area (Å²) in [5, 5.41) is 3.77. The molecule has 0 fully saturated rings. The van der Waals surface area contributed by atoms with Crippen LogP contribution in [0.4, 0.5) is 17.6 Å². The lowest BCUT2D eigenvalue weighted by Gasteiger charge is -2.11. The molecule has 0 unspecified atom stereocenters. The summed E-state index contributed by atoms with van der Waals surface area (Å²) in [5.41, 5.74) is -0.203. The van der Waals surface area contributed by atoms with E-state index >= 15 is 0 Å². The molecule has 0 aliphatic carbocycles. The van der Waals surface area contributed by atoms with E-state index in [1.165, 1.54) is 18.2 Å². The van der Waals surface area contributed by atoms with E-state index < -0.39 is 17.6 Å². The zero-order valence-corrected chi connectivity index (χ0v) is 13.2. The zero-order valence-electron chi connectivity index (χ0n) is 13.2. The first-order valence-electron chi connectivity index (χ1n) is 7.71. The molecule has 3 nitrogen and oxygen atoms in total. The third kappa shape index (κ3) is 2.71. The van der Waals surface area contributed by atoms with Crippen LogP contribution < -0.4 is 0 Å². The molecule has 7 heteroatoms. The largest absolute Gasteiger partial charge is 0.417 e. The van der Waals surface area contributed by atoms with E-state index in [0.717, 1.165) is 16.9 Å². The number of hydrogen-bond acceptors (Lipinski definition) is 2. The Morgan fingerprint density at radius 3 is 2.27 bits per heavy atom. The average molecular weight is 357 g/mol. The summed E-state index contributed by atoms with van der Waals surface area (Å²) in [7, 11) is 0. The number of hydrogen-bond donors (Lipinski definition) is 0. The van der Waals surface area contributed by atoms with Crippen LogP contribution in [0.15, 0.2) is 66.9 Å². The molecule has 4 rings (SSSR count). The summed E-state index contributed by atoms with van der Waals surface area (Å²) < 4.78 is 55.9. The van der Waals surface area contributed by atoms with E-state index in [1.807, 2.05) is 0 Å². The molecule has 0 amide bonds. The van der Waals surface area contributed by atoms with Gasteiger partial charge in [-0.3, -0.25) is 0 Å². The normalized spacial score (nSPS) is 11.8. The fourth-order valence-corrected chi connectivity index (χ4v) is 2.79. The maximum atomic E-state index is 14.1. The average Bonchev–Trinajstić information content (AvgIpc) is 3.05. The highest BCUT2D eigenvalue weighted by molar-refractivity contribution is 5.84. The van der Waals surface area contributed by atoms with Gasteiger partial charge in [-0.25, -0.2) is 14.1 Å². The molecule has 0 saturated carbocycles. The summed E-state index contributed by atoms with van der Waals surface area (Å²) >= 11 is 0. The Kier molecular flexibility index (Phi) is 3.72. The third-order valence-electron chi connectivity index (χ3n) is 4.00. The van der Waals surface area contributed by atoms with Gasteiger partial charge in [-0.1, -0.05) is 42.5 Å². The molecule has 0 N–H and O–H groups in total. The first-order chi connectivity index (χ1) is 12.4. The van der Waals surface area contributed by atoms with E-state index in [-0.39, 0.29) is 22.4 Å². The Balaban J connectivity index is 2.05. The van der Waals surface area contributed by atoms with Gasteiger partial charge in [-0.2, -0.15) is 18.3 Å². The molecule has 0 spiro atoms. The lowest BCUT2D eigenvalue weighted by Crippen LogP contribution is -2.08. The SMILES string of the molecule is Fc1ccccc1-n1ncc2c(C(F)(F)F)cc(-c3ccccc3)nc21. The number of rotatable bonds is 2. The smallest absolute Gasteiger partial charge is 0.228 e. The van der Waals surface area contributed by atoms with Gasteiger partial charge >= 0.3 is 6.18 Å². The second-order valence-corrected chi connectivity index (χ2v) is 5.66. The summed E-state index contributed by atoms with van der Waals surface area (Å²) in [5.74, 6) is -0.599. The fraction of sp³-hybridized carbons (Fsp3) is 0.0526. The van der Waals surface area contributed by atoms with Crippen molar-refractivity contribution in [3.63, 3.8) is 0 Å². The fourth-order valence-electron chi connectivity index (χ4n) is 2.79. The van der Waals surface area contributed by atoms with Crippen LogP contribution in [0.25, 0.3) is 28.0 Å². The molecule has 4 aromatic rings. The van der Waals surface area contributed by atoms with Crippen LogP contribution in [0, 0.1) is 5.82 Å². The van der Waals surface area contributed by atoms with E-state index in [2.05, 4.69) is 10.1 Å². The molecule has 0 radical (unpaired) electrons. The van der Waals surface area contributed by atoms with Gasteiger partial charge in [0.05, 0.1) is 22.8 Å². The Morgan fingerprint density at radius 2 is 1.58 bits per heavy atom. The third-order valence-corrected chi connectivity index (χ3v) is 4.00. The first-order valence-corrected chi connectivity index (χ1v) is 7.71. The number of pyridine rings is 1. The lowest BCUT2D eigenvalue weighted by atomic mass is 10.1. The van der Waals surface area contributed by atoms with Crippen molar-refractivity contribution < 1.29 is 17.6 Å². The molecule has 2 heterocycles. The van der Waals surface area contributed by atoms with E-state index in [9.17, 15) is 17.6 Å². The van der Waals surface area contributed by atoms with Crippen LogP contribution in [0.2, 0.25) is 0 Å². The summed E-state index contributed by atoms with van der Waals surface area (Å²) in [6.07, 6.45) is -3.53. The topological polar surface area (TPSA) is 30.7 Å². The summed E-state index contributed by atoms with van der Waals surface area (Å²) in [6, 6.07) is 15.2. The van der Waals surface area contributed by atoms with Crippen molar-refractivity contribution in [1.82, 2.24) is 14.8 Å². The van der Waals surface area contributed by atoms with Crippen molar-refractivity contribution in [2.75, 3.05) is 0 Å². The van der Waals surface area contributed by atoms with Crippen LogP contribution in [0.1, 0.15) is 5.56 Å². The molecule has 0 bridgehead atoms. The monoisotopic (exact) mass is 357 g/mol. The van der Waals surface area contributed by atoms with E-state index in [4.69, 9.17) is 0 Å². The molecule has 0 atom stereocenters. The second-order valence-electron chi connectivity index (χ2n) is 5.66. The number of aromatic nitrogens is 3. The van der Waals surface area contributed by atoms with Gasteiger partial charge < -0.3 is 0 Å². The number of benzene rings is 2. The molecule has 26 heavy (non-hydrogen) atoms. The molecule has 130 valence electrons. The van der Waals surface area contributed by atoms with Gasteiger partial charge in [0.2, 0.25) is 0 Å². The number of nitrogens with zero attached hydrogens (tertiary/aromatic N) is 3. The van der Waals surface area contributed by atoms with E-state index in [1.54, 1.807) is 36.4 Å². The molecule has 2 aromatic carbocycles. The predicted molar refractivity (Wildman–Crippen MR) is 89.3 cm³/mol. The Hall–Kier alpha value is -3.22. The van der Waals surface area contributed by atoms with Gasteiger partial charge in [0.1, 0.15) is 11.5 Å². The van der Waals surface area contributed by atoms with Crippen molar-refractivity contribution >= 4 is 11.0 Å². The van der Waals surface area contributed by atoms with Crippen molar-refractivity contribution in [3.05, 3.63) is 78.2 Å². The number of para-hydroxylation sites is 1. The van der Waals surface area contributed by atoms with Gasteiger partial charge in [-0.15, -0.1) is 0 Å². The van der Waals surface area contributed by atoms with Crippen LogP contribution >= 0.6 is 0 Å². The molecule has 0 aliphatic heterocycles. The maximum absolute atomic E-state index is 14.1. The highest BCUT2D eigenvalue weighted by Gasteiger charge is 2.35. The minimum absolute atomic E-state index is 0.0355. The zero-order chi connectivity index (χ0) is 18.3. The molecule has 0 aliphatic rings. The predicted octanol–water partition coefficient (Wildman–Crippen LogP) is 5.25. The van der Waals surface area contributed by atoms with Crippen LogP contribution in [-0.2, 0) is 6.18 Å².